The first-order valence-corrected chi connectivity index (χ1v) is 6.58. The summed E-state index contributed by atoms with van der Waals surface area (Å²) in [6.45, 7) is 4.45. The van der Waals surface area contributed by atoms with Gasteiger partial charge in [0.25, 0.3) is 0 Å². The van der Waals surface area contributed by atoms with E-state index in [0.29, 0.717) is 0 Å². The summed E-state index contributed by atoms with van der Waals surface area (Å²) in [4.78, 5) is 18.7. The average Bonchev–Trinajstić information content (AvgIpc) is 2.82. The standard InChI is InChI=1S/C14H19N3O/c1-15-8-10-16(11-9-15)14(18)17-7-6-12-4-2-3-5-13(12)17/h2-5H,6-11H2,1H3. The van der Waals surface area contributed by atoms with E-state index in [9.17, 15) is 4.79 Å². The van der Waals surface area contributed by atoms with Crippen molar-refractivity contribution >= 4 is 11.7 Å². The molecule has 3 rings (SSSR count). The summed E-state index contributed by atoms with van der Waals surface area (Å²) < 4.78 is 0. The third kappa shape index (κ3) is 1.97. The molecule has 1 aromatic carbocycles. The second kappa shape index (κ2) is 4.61. The van der Waals surface area contributed by atoms with E-state index in [4.69, 9.17) is 0 Å². The Hall–Kier alpha value is -1.55. The summed E-state index contributed by atoms with van der Waals surface area (Å²) in [7, 11) is 2.10. The molecule has 1 saturated heterocycles. The van der Waals surface area contributed by atoms with E-state index in [0.717, 1.165) is 44.8 Å². The zero-order chi connectivity index (χ0) is 12.5. The molecule has 0 aliphatic carbocycles. The molecule has 2 amide bonds. The van der Waals surface area contributed by atoms with Gasteiger partial charge in [-0.15, -0.1) is 0 Å². The highest BCUT2D eigenvalue weighted by atomic mass is 16.2. The Morgan fingerprint density at radius 3 is 2.56 bits per heavy atom. The fourth-order valence-corrected chi connectivity index (χ4v) is 2.71. The van der Waals surface area contributed by atoms with Crippen LogP contribution in [0, 0.1) is 0 Å². The van der Waals surface area contributed by atoms with Crippen molar-refractivity contribution in [1.29, 1.82) is 0 Å². The van der Waals surface area contributed by atoms with E-state index in [1.54, 1.807) is 0 Å². The van der Waals surface area contributed by atoms with Crippen LogP contribution < -0.4 is 4.90 Å². The third-order valence-electron chi connectivity index (χ3n) is 3.89. The first-order valence-electron chi connectivity index (χ1n) is 6.58. The number of piperazine rings is 1. The zero-order valence-corrected chi connectivity index (χ0v) is 10.8. The molecular formula is C14H19N3O. The molecule has 1 aromatic rings. The average molecular weight is 245 g/mol. The van der Waals surface area contributed by atoms with Gasteiger partial charge in [-0.3, -0.25) is 4.90 Å². The van der Waals surface area contributed by atoms with Crippen LogP contribution in [0.25, 0.3) is 0 Å². The van der Waals surface area contributed by atoms with Crippen molar-refractivity contribution in [2.75, 3.05) is 44.7 Å². The number of rotatable bonds is 0. The Balaban J connectivity index is 1.74. The molecule has 2 aliphatic rings. The van der Waals surface area contributed by atoms with Crippen LogP contribution in [-0.2, 0) is 6.42 Å². The van der Waals surface area contributed by atoms with Crippen LogP contribution in [0.3, 0.4) is 0 Å². The lowest BCUT2D eigenvalue weighted by molar-refractivity contribution is 0.159. The van der Waals surface area contributed by atoms with Gasteiger partial charge in [-0.1, -0.05) is 18.2 Å². The summed E-state index contributed by atoms with van der Waals surface area (Å²) in [6, 6.07) is 8.40. The molecule has 0 bridgehead atoms. The summed E-state index contributed by atoms with van der Waals surface area (Å²) in [6.07, 6.45) is 0.982. The number of carbonyl (C=O) groups excluding carboxylic acids is 1. The van der Waals surface area contributed by atoms with Gasteiger partial charge < -0.3 is 9.80 Å². The van der Waals surface area contributed by atoms with Crippen molar-refractivity contribution in [3.05, 3.63) is 29.8 Å². The van der Waals surface area contributed by atoms with E-state index < -0.39 is 0 Å². The normalized spacial score (nSPS) is 20.1. The van der Waals surface area contributed by atoms with Gasteiger partial charge in [0.15, 0.2) is 0 Å². The van der Waals surface area contributed by atoms with Gasteiger partial charge in [0.2, 0.25) is 0 Å². The van der Waals surface area contributed by atoms with E-state index in [-0.39, 0.29) is 6.03 Å². The molecule has 4 heteroatoms. The molecule has 2 heterocycles. The fourth-order valence-electron chi connectivity index (χ4n) is 2.71. The summed E-state index contributed by atoms with van der Waals surface area (Å²) in [5.74, 6) is 0. The maximum absolute atomic E-state index is 12.5. The second-order valence-corrected chi connectivity index (χ2v) is 5.10. The molecule has 0 aromatic heterocycles. The number of nitrogens with zero attached hydrogens (tertiary/aromatic N) is 3. The van der Waals surface area contributed by atoms with E-state index in [1.165, 1.54) is 5.56 Å². The Morgan fingerprint density at radius 1 is 1.06 bits per heavy atom. The lowest BCUT2D eigenvalue weighted by Crippen LogP contribution is -2.51. The number of benzene rings is 1. The van der Waals surface area contributed by atoms with Crippen LogP contribution in [-0.4, -0.2) is 55.6 Å². The van der Waals surface area contributed by atoms with Gasteiger partial charge >= 0.3 is 6.03 Å². The van der Waals surface area contributed by atoms with Gasteiger partial charge in [0.05, 0.1) is 0 Å². The van der Waals surface area contributed by atoms with Gasteiger partial charge in [-0.05, 0) is 25.1 Å². The maximum atomic E-state index is 12.5. The molecule has 0 N–H and O–H groups in total. The predicted octanol–water partition coefficient (Wildman–Crippen LogP) is 1.42. The Kier molecular flexibility index (Phi) is 2.96. The van der Waals surface area contributed by atoms with Gasteiger partial charge in [-0.25, -0.2) is 4.79 Å². The highest BCUT2D eigenvalue weighted by molar-refractivity contribution is 5.94. The van der Waals surface area contributed by atoms with Gasteiger partial charge in [-0.2, -0.15) is 0 Å². The molecule has 0 spiro atoms. The minimum absolute atomic E-state index is 0.174. The van der Waals surface area contributed by atoms with Crippen LogP contribution in [0.1, 0.15) is 5.56 Å². The predicted molar refractivity (Wildman–Crippen MR) is 72.0 cm³/mol. The molecule has 18 heavy (non-hydrogen) atoms. The minimum Gasteiger partial charge on any atom is -0.322 e. The van der Waals surface area contributed by atoms with Crippen LogP contribution in [0.5, 0.6) is 0 Å². The lowest BCUT2D eigenvalue weighted by Gasteiger charge is -2.35. The summed E-state index contributed by atoms with van der Waals surface area (Å²) in [5.41, 5.74) is 2.39. The minimum atomic E-state index is 0.174. The molecule has 0 atom stereocenters. The van der Waals surface area contributed by atoms with Crippen molar-refractivity contribution in [3.8, 4) is 0 Å². The molecule has 0 saturated carbocycles. The first-order chi connectivity index (χ1) is 8.75. The molecule has 4 nitrogen and oxygen atoms in total. The van der Waals surface area contributed by atoms with E-state index in [1.807, 2.05) is 21.9 Å². The van der Waals surface area contributed by atoms with Crippen molar-refractivity contribution in [1.82, 2.24) is 9.80 Å². The smallest absolute Gasteiger partial charge is 0.322 e. The SMILES string of the molecule is CN1CCN(C(=O)N2CCc3ccccc32)CC1. The van der Waals surface area contributed by atoms with Crippen LogP contribution in [0.2, 0.25) is 0 Å². The number of amides is 2. The first kappa shape index (κ1) is 11.5. The van der Waals surface area contributed by atoms with Crippen LogP contribution in [0.15, 0.2) is 24.3 Å². The number of hydrogen-bond donors (Lipinski definition) is 0. The van der Waals surface area contributed by atoms with Crippen molar-refractivity contribution < 1.29 is 4.79 Å². The molecule has 0 radical (unpaired) electrons. The number of carbonyl (C=O) groups is 1. The Labute approximate surface area is 108 Å². The Bertz CT molecular complexity index is 452. The molecular weight excluding hydrogens is 226 g/mol. The molecule has 96 valence electrons. The molecule has 0 unspecified atom stereocenters. The quantitative estimate of drug-likeness (QED) is 0.691. The monoisotopic (exact) mass is 245 g/mol. The highest BCUT2D eigenvalue weighted by Gasteiger charge is 2.29. The van der Waals surface area contributed by atoms with Gasteiger partial charge in [0, 0.05) is 38.4 Å². The lowest BCUT2D eigenvalue weighted by atomic mass is 10.2. The highest BCUT2D eigenvalue weighted by Crippen LogP contribution is 2.28. The van der Waals surface area contributed by atoms with Crippen molar-refractivity contribution in [3.63, 3.8) is 0 Å². The zero-order valence-electron chi connectivity index (χ0n) is 10.8. The number of fused-ring (bicyclic) bond motifs is 1. The number of para-hydroxylation sites is 1. The second-order valence-electron chi connectivity index (χ2n) is 5.10. The van der Waals surface area contributed by atoms with Crippen LogP contribution in [0.4, 0.5) is 10.5 Å². The fraction of sp³-hybridized carbons (Fsp3) is 0.500. The largest absolute Gasteiger partial charge is 0.324 e. The number of anilines is 1. The van der Waals surface area contributed by atoms with Crippen molar-refractivity contribution in [2.45, 2.75) is 6.42 Å². The number of urea groups is 1. The van der Waals surface area contributed by atoms with E-state index >= 15 is 0 Å². The number of hydrogen-bond acceptors (Lipinski definition) is 2. The number of likely N-dealkylation sites (N-methyl/N-ethyl adjacent to an activating group) is 1. The summed E-state index contributed by atoms with van der Waals surface area (Å²) in [5, 5.41) is 0. The van der Waals surface area contributed by atoms with Gasteiger partial charge in [0.1, 0.15) is 0 Å². The van der Waals surface area contributed by atoms with Crippen molar-refractivity contribution in [2.24, 2.45) is 0 Å². The van der Waals surface area contributed by atoms with E-state index in [2.05, 4.69) is 24.1 Å². The molecule has 2 aliphatic heterocycles. The Morgan fingerprint density at radius 2 is 1.78 bits per heavy atom. The summed E-state index contributed by atoms with van der Waals surface area (Å²) >= 11 is 0. The molecule has 1 fully saturated rings. The topological polar surface area (TPSA) is 26.8 Å². The van der Waals surface area contributed by atoms with Crippen LogP contribution >= 0.6 is 0 Å². The maximum Gasteiger partial charge on any atom is 0.324 e. The third-order valence-corrected chi connectivity index (χ3v) is 3.89.